The van der Waals surface area contributed by atoms with E-state index in [1.165, 1.54) is 0 Å². The average molecular weight is 378 g/mol. The van der Waals surface area contributed by atoms with Gasteiger partial charge in [0.2, 0.25) is 5.71 Å². The van der Waals surface area contributed by atoms with Crippen LogP contribution in [0.2, 0.25) is 0 Å². The number of nitrogens with zero attached hydrogens (tertiary/aromatic N) is 3. The van der Waals surface area contributed by atoms with Gasteiger partial charge in [0.25, 0.3) is 0 Å². The number of fused-ring (bicyclic) bond motifs is 1. The Morgan fingerprint density at radius 3 is 2.44 bits per heavy atom. The van der Waals surface area contributed by atoms with Gasteiger partial charge in [-0.25, -0.2) is 4.98 Å². The number of aryl methyl sites for hydroxylation is 2. The van der Waals surface area contributed by atoms with E-state index in [-0.39, 0.29) is 18.9 Å². The molecule has 0 fully saturated rings. The van der Waals surface area contributed by atoms with Crippen LogP contribution in [-0.2, 0) is 13.1 Å². The molecule has 1 aromatic carbocycles. The molecular formula is C19H21F3N4O. The normalized spacial score (nSPS) is 12.2. The highest BCUT2D eigenvalue weighted by Crippen LogP contribution is 2.27. The molecule has 27 heavy (non-hydrogen) atoms. The standard InChI is InChI=1S/C19H21F3N4O/c1-12-13(2)27-18-16(12)17(23)24-15(25-18)11-26(9-8-19(20,21)22)10-14-6-4-3-5-7-14/h3-7H,8-11H2,1-2H3,(H2,23,24,25). The van der Waals surface area contributed by atoms with Crippen LogP contribution in [0.4, 0.5) is 19.0 Å². The number of anilines is 1. The van der Waals surface area contributed by atoms with E-state index < -0.39 is 12.6 Å². The fourth-order valence-corrected chi connectivity index (χ4v) is 2.94. The lowest BCUT2D eigenvalue weighted by atomic mass is 10.2. The Labute approximate surface area is 155 Å². The number of rotatable bonds is 6. The Morgan fingerprint density at radius 1 is 1.07 bits per heavy atom. The molecule has 0 saturated carbocycles. The smallest absolute Gasteiger partial charge is 0.390 e. The van der Waals surface area contributed by atoms with E-state index in [1.807, 2.05) is 37.3 Å². The van der Waals surface area contributed by atoms with Crippen molar-refractivity contribution >= 4 is 16.9 Å². The first-order chi connectivity index (χ1) is 12.7. The topological polar surface area (TPSA) is 68.2 Å². The summed E-state index contributed by atoms with van der Waals surface area (Å²) < 4.78 is 43.8. The van der Waals surface area contributed by atoms with Crippen LogP contribution in [0.1, 0.15) is 29.1 Å². The van der Waals surface area contributed by atoms with Gasteiger partial charge in [0.05, 0.1) is 18.4 Å². The third kappa shape index (κ3) is 4.77. The van der Waals surface area contributed by atoms with Crippen LogP contribution in [-0.4, -0.2) is 27.6 Å². The molecule has 0 amide bonds. The molecule has 0 unspecified atom stereocenters. The lowest BCUT2D eigenvalue weighted by Crippen LogP contribution is -2.28. The van der Waals surface area contributed by atoms with Crippen molar-refractivity contribution in [3.63, 3.8) is 0 Å². The number of hydrogen-bond donors (Lipinski definition) is 1. The summed E-state index contributed by atoms with van der Waals surface area (Å²) in [7, 11) is 0. The monoisotopic (exact) mass is 378 g/mol. The number of alkyl halides is 3. The van der Waals surface area contributed by atoms with Gasteiger partial charge in [0, 0.05) is 18.7 Å². The van der Waals surface area contributed by atoms with E-state index in [2.05, 4.69) is 9.97 Å². The summed E-state index contributed by atoms with van der Waals surface area (Å²) in [5, 5.41) is 0.654. The first kappa shape index (κ1) is 19.2. The minimum Gasteiger partial charge on any atom is -0.443 e. The Morgan fingerprint density at radius 2 is 1.78 bits per heavy atom. The maximum Gasteiger partial charge on any atom is 0.390 e. The Kier molecular flexibility index (Phi) is 5.36. The van der Waals surface area contributed by atoms with Crippen molar-refractivity contribution in [1.29, 1.82) is 0 Å². The molecule has 0 aliphatic rings. The molecule has 0 atom stereocenters. The third-order valence-electron chi connectivity index (χ3n) is 4.43. The Hall–Kier alpha value is -2.61. The van der Waals surface area contributed by atoms with E-state index in [0.717, 1.165) is 11.1 Å². The highest BCUT2D eigenvalue weighted by Gasteiger charge is 2.28. The van der Waals surface area contributed by atoms with Crippen molar-refractivity contribution in [2.24, 2.45) is 0 Å². The third-order valence-corrected chi connectivity index (χ3v) is 4.43. The van der Waals surface area contributed by atoms with Gasteiger partial charge in [0.15, 0.2) is 0 Å². The average Bonchev–Trinajstić information content (AvgIpc) is 2.87. The van der Waals surface area contributed by atoms with Gasteiger partial charge in [-0.15, -0.1) is 0 Å². The molecule has 0 saturated heterocycles. The van der Waals surface area contributed by atoms with Crippen molar-refractivity contribution in [2.75, 3.05) is 12.3 Å². The summed E-state index contributed by atoms with van der Waals surface area (Å²) in [6.45, 7) is 4.01. The van der Waals surface area contributed by atoms with Crippen molar-refractivity contribution in [3.8, 4) is 0 Å². The maximum absolute atomic E-state index is 12.7. The van der Waals surface area contributed by atoms with E-state index in [0.29, 0.717) is 29.2 Å². The zero-order chi connectivity index (χ0) is 19.6. The number of aromatic nitrogens is 2. The fourth-order valence-electron chi connectivity index (χ4n) is 2.94. The van der Waals surface area contributed by atoms with Gasteiger partial charge in [-0.3, -0.25) is 4.90 Å². The van der Waals surface area contributed by atoms with E-state index >= 15 is 0 Å². The molecule has 5 nitrogen and oxygen atoms in total. The van der Waals surface area contributed by atoms with Crippen molar-refractivity contribution in [3.05, 3.63) is 53.0 Å². The molecule has 2 aromatic heterocycles. The molecule has 0 aliphatic carbocycles. The first-order valence-electron chi connectivity index (χ1n) is 8.58. The highest BCUT2D eigenvalue weighted by atomic mass is 19.4. The van der Waals surface area contributed by atoms with Gasteiger partial charge in [-0.2, -0.15) is 18.2 Å². The minimum atomic E-state index is -4.23. The van der Waals surface area contributed by atoms with Gasteiger partial charge in [-0.05, 0) is 19.4 Å². The van der Waals surface area contributed by atoms with Crippen molar-refractivity contribution in [2.45, 2.75) is 39.5 Å². The van der Waals surface area contributed by atoms with Crippen LogP contribution in [0.5, 0.6) is 0 Å². The molecule has 3 aromatic rings. The van der Waals surface area contributed by atoms with Gasteiger partial charge in [0.1, 0.15) is 17.4 Å². The second kappa shape index (κ2) is 7.56. The van der Waals surface area contributed by atoms with Crippen LogP contribution in [0.15, 0.2) is 34.7 Å². The second-order valence-corrected chi connectivity index (χ2v) is 6.55. The minimum absolute atomic E-state index is 0.143. The summed E-state index contributed by atoms with van der Waals surface area (Å²) in [6, 6.07) is 9.32. The molecule has 0 radical (unpaired) electrons. The quantitative estimate of drug-likeness (QED) is 0.690. The molecule has 144 valence electrons. The van der Waals surface area contributed by atoms with Crippen molar-refractivity contribution < 1.29 is 17.6 Å². The molecule has 0 aliphatic heterocycles. The van der Waals surface area contributed by atoms with Crippen LogP contribution < -0.4 is 5.73 Å². The number of halogens is 3. The van der Waals surface area contributed by atoms with Crippen LogP contribution in [0.3, 0.4) is 0 Å². The fraction of sp³-hybridized carbons (Fsp3) is 0.368. The number of hydrogen-bond acceptors (Lipinski definition) is 5. The molecule has 2 N–H and O–H groups in total. The Balaban J connectivity index is 1.85. The summed E-state index contributed by atoms with van der Waals surface area (Å²) in [5.41, 5.74) is 8.18. The summed E-state index contributed by atoms with van der Waals surface area (Å²) in [5.74, 6) is 1.31. The lowest BCUT2D eigenvalue weighted by Gasteiger charge is -2.22. The van der Waals surface area contributed by atoms with E-state index in [4.69, 9.17) is 10.2 Å². The van der Waals surface area contributed by atoms with Crippen molar-refractivity contribution in [1.82, 2.24) is 14.9 Å². The highest BCUT2D eigenvalue weighted by molar-refractivity contribution is 5.88. The number of nitrogen functional groups attached to an aromatic ring is 1. The molecule has 0 bridgehead atoms. The van der Waals surface area contributed by atoms with Gasteiger partial charge < -0.3 is 10.2 Å². The van der Waals surface area contributed by atoms with Crippen LogP contribution in [0.25, 0.3) is 11.1 Å². The van der Waals surface area contributed by atoms with Gasteiger partial charge in [-0.1, -0.05) is 30.3 Å². The molecule has 0 spiro atoms. The van der Waals surface area contributed by atoms with E-state index in [1.54, 1.807) is 11.8 Å². The Bertz CT molecular complexity index is 922. The predicted molar refractivity (Wildman–Crippen MR) is 96.9 cm³/mol. The van der Waals surface area contributed by atoms with Crippen LogP contribution in [0, 0.1) is 13.8 Å². The predicted octanol–water partition coefficient (Wildman–Crippen LogP) is 4.38. The zero-order valence-corrected chi connectivity index (χ0v) is 15.2. The summed E-state index contributed by atoms with van der Waals surface area (Å²) in [6.07, 6.45) is -5.13. The number of nitrogens with two attached hydrogens (primary N) is 1. The number of benzene rings is 1. The summed E-state index contributed by atoms with van der Waals surface area (Å²) >= 11 is 0. The molecule has 8 heteroatoms. The first-order valence-corrected chi connectivity index (χ1v) is 8.58. The zero-order valence-electron chi connectivity index (χ0n) is 15.2. The molecule has 3 rings (SSSR count). The maximum atomic E-state index is 12.7. The van der Waals surface area contributed by atoms with Crippen LogP contribution >= 0.6 is 0 Å². The second-order valence-electron chi connectivity index (χ2n) is 6.55. The van der Waals surface area contributed by atoms with E-state index in [9.17, 15) is 13.2 Å². The molecule has 2 heterocycles. The number of furan rings is 1. The lowest BCUT2D eigenvalue weighted by molar-refractivity contribution is -0.138. The SMILES string of the molecule is Cc1oc2nc(CN(CCC(F)(F)F)Cc3ccccc3)nc(N)c2c1C. The molecular weight excluding hydrogens is 357 g/mol. The van der Waals surface area contributed by atoms with Gasteiger partial charge >= 0.3 is 6.18 Å². The largest absolute Gasteiger partial charge is 0.443 e. The summed E-state index contributed by atoms with van der Waals surface area (Å²) in [4.78, 5) is 10.3.